The fourth-order valence-electron chi connectivity index (χ4n) is 4.79. The van der Waals surface area contributed by atoms with E-state index >= 15 is 0 Å². The molecule has 10 nitrogen and oxygen atoms in total. The van der Waals surface area contributed by atoms with Gasteiger partial charge in [-0.15, -0.1) is 0 Å². The van der Waals surface area contributed by atoms with Gasteiger partial charge in [-0.3, -0.25) is 14.1 Å². The van der Waals surface area contributed by atoms with Gasteiger partial charge in [-0.1, -0.05) is 143 Å². The zero-order valence-electron chi connectivity index (χ0n) is 32.8. The summed E-state index contributed by atoms with van der Waals surface area (Å²) in [6.45, 7) is 3.27. The highest BCUT2D eigenvalue weighted by molar-refractivity contribution is 7.46. The molecule has 0 aliphatic carbocycles. The molecule has 0 amide bonds. The summed E-state index contributed by atoms with van der Waals surface area (Å²) in [5.41, 5.74) is 0. The number of unbranched alkanes of at least 4 members (excludes halogenated alkanes) is 9. The van der Waals surface area contributed by atoms with Gasteiger partial charge in [0.2, 0.25) is 0 Å². The predicted molar refractivity (Wildman–Crippen MR) is 218 cm³/mol. The molecular formula is C43H69O10P. The molecule has 0 rings (SSSR count). The summed E-state index contributed by atoms with van der Waals surface area (Å²) in [7, 11) is -4.82. The van der Waals surface area contributed by atoms with Gasteiger partial charge in [0.25, 0.3) is 0 Å². The first kappa shape index (κ1) is 50.9. The van der Waals surface area contributed by atoms with Crippen LogP contribution in [0.3, 0.4) is 0 Å². The van der Waals surface area contributed by atoms with Crippen LogP contribution in [0.4, 0.5) is 0 Å². The Morgan fingerprint density at radius 1 is 0.611 bits per heavy atom. The van der Waals surface area contributed by atoms with Crippen LogP contribution in [-0.4, -0.2) is 63.5 Å². The molecule has 306 valence electrons. The summed E-state index contributed by atoms with van der Waals surface area (Å²) in [5.74, 6) is -1.10. The minimum atomic E-state index is -4.82. The van der Waals surface area contributed by atoms with Crippen LogP contribution in [0.2, 0.25) is 0 Å². The molecule has 0 bridgehead atoms. The van der Waals surface area contributed by atoms with Crippen molar-refractivity contribution in [1.82, 2.24) is 0 Å². The molecule has 0 spiro atoms. The lowest BCUT2D eigenvalue weighted by atomic mass is 10.1. The molecular weight excluding hydrogens is 707 g/mol. The van der Waals surface area contributed by atoms with Gasteiger partial charge in [0.15, 0.2) is 6.10 Å². The lowest BCUT2D eigenvalue weighted by molar-refractivity contribution is -0.161. The summed E-state index contributed by atoms with van der Waals surface area (Å²) in [4.78, 5) is 42.8. The third kappa shape index (κ3) is 38.6. The van der Waals surface area contributed by atoms with E-state index in [0.29, 0.717) is 32.1 Å². The lowest BCUT2D eigenvalue weighted by Gasteiger charge is -2.18. The number of aliphatic hydroxyl groups excluding tert-OH is 2. The molecule has 0 saturated heterocycles. The number of phosphoric ester groups is 1. The fraction of sp³-hybridized carbons (Fsp3) is 0.581. The highest BCUT2D eigenvalue weighted by Crippen LogP contribution is 2.36. The zero-order valence-corrected chi connectivity index (χ0v) is 33.7. The van der Waals surface area contributed by atoms with Crippen molar-refractivity contribution in [3.05, 3.63) is 97.2 Å². The topological polar surface area (TPSA) is 160 Å². The largest absolute Gasteiger partial charge is 0.469 e. The molecule has 11 heteroatoms. The minimum absolute atomic E-state index is 0.0168. The van der Waals surface area contributed by atoms with Crippen LogP contribution < -0.4 is 0 Å². The Balaban J connectivity index is 4.28. The summed E-state index contributed by atoms with van der Waals surface area (Å²) in [6, 6.07) is 0. The van der Waals surface area contributed by atoms with Crippen LogP contribution >= 0.6 is 7.82 Å². The Kier molecular flexibility index (Phi) is 34.7. The van der Waals surface area contributed by atoms with Gasteiger partial charge in [0.1, 0.15) is 6.61 Å². The van der Waals surface area contributed by atoms with Crippen molar-refractivity contribution in [2.45, 2.75) is 148 Å². The third-order valence-electron chi connectivity index (χ3n) is 7.76. The van der Waals surface area contributed by atoms with E-state index in [1.807, 2.05) is 49.5 Å². The normalized spacial score (nSPS) is 14.7. The Morgan fingerprint density at radius 2 is 1.22 bits per heavy atom. The summed E-state index contributed by atoms with van der Waals surface area (Å²) in [5, 5.41) is 19.9. The number of phosphoric acid groups is 1. The zero-order chi connectivity index (χ0) is 40.0. The fourth-order valence-corrected chi connectivity index (χ4v) is 5.15. The van der Waals surface area contributed by atoms with E-state index in [1.165, 1.54) is 19.3 Å². The Bertz CT molecular complexity index is 1220. The number of allylic oxidation sites excluding steroid dienone is 12. The molecule has 0 aliphatic rings. The number of carbonyl (C=O) groups is 2. The van der Waals surface area contributed by atoms with Crippen LogP contribution in [0.25, 0.3) is 0 Å². The van der Waals surface area contributed by atoms with E-state index in [2.05, 4.69) is 35.8 Å². The van der Waals surface area contributed by atoms with Gasteiger partial charge in [-0.05, 0) is 70.6 Å². The van der Waals surface area contributed by atoms with Crippen molar-refractivity contribution in [3.63, 3.8) is 0 Å². The van der Waals surface area contributed by atoms with Crippen molar-refractivity contribution in [2.24, 2.45) is 0 Å². The first-order valence-electron chi connectivity index (χ1n) is 19.8. The van der Waals surface area contributed by atoms with E-state index in [4.69, 9.17) is 19.3 Å². The van der Waals surface area contributed by atoms with Gasteiger partial charge >= 0.3 is 19.8 Å². The number of ether oxygens (including phenoxy) is 2. The molecule has 0 unspecified atom stereocenters. The van der Waals surface area contributed by atoms with Gasteiger partial charge < -0.3 is 29.5 Å². The van der Waals surface area contributed by atoms with E-state index in [1.54, 1.807) is 30.4 Å². The highest BCUT2D eigenvalue weighted by atomic mass is 31.2. The smallest absolute Gasteiger partial charge is 0.462 e. The van der Waals surface area contributed by atoms with E-state index in [9.17, 15) is 24.4 Å². The maximum Gasteiger partial charge on any atom is 0.469 e. The summed E-state index contributed by atoms with van der Waals surface area (Å²) < 4.78 is 26.2. The molecule has 0 heterocycles. The van der Waals surface area contributed by atoms with Gasteiger partial charge in [-0.2, -0.15) is 0 Å². The molecule has 3 atom stereocenters. The molecule has 0 saturated carbocycles. The Hall–Kier alpha value is -3.11. The lowest BCUT2D eigenvalue weighted by Crippen LogP contribution is -2.29. The number of esters is 2. The first-order valence-corrected chi connectivity index (χ1v) is 21.3. The van der Waals surface area contributed by atoms with E-state index in [-0.39, 0.29) is 19.4 Å². The molecule has 54 heavy (non-hydrogen) atoms. The van der Waals surface area contributed by atoms with E-state index < -0.39 is 44.7 Å². The van der Waals surface area contributed by atoms with Crippen molar-refractivity contribution in [3.8, 4) is 0 Å². The van der Waals surface area contributed by atoms with Crippen LogP contribution in [0, 0.1) is 0 Å². The number of rotatable bonds is 34. The second kappa shape index (κ2) is 36.8. The molecule has 0 aromatic carbocycles. The molecule has 0 aromatic rings. The molecule has 0 aromatic heterocycles. The maximum atomic E-state index is 12.4. The second-order valence-electron chi connectivity index (χ2n) is 12.9. The quantitative estimate of drug-likeness (QED) is 0.0163. The van der Waals surface area contributed by atoms with Crippen LogP contribution in [0.15, 0.2) is 97.2 Å². The second-order valence-corrected chi connectivity index (χ2v) is 14.2. The van der Waals surface area contributed by atoms with Gasteiger partial charge in [0, 0.05) is 12.8 Å². The summed E-state index contributed by atoms with van der Waals surface area (Å²) in [6.07, 6.45) is 43.4. The third-order valence-corrected chi connectivity index (χ3v) is 8.25. The predicted octanol–water partition coefficient (Wildman–Crippen LogP) is 9.78. The average molecular weight is 777 g/mol. The number of aliphatic hydroxyl groups is 2. The highest BCUT2D eigenvalue weighted by Gasteiger charge is 2.22. The molecule has 4 N–H and O–H groups in total. The van der Waals surface area contributed by atoms with Gasteiger partial charge in [-0.25, -0.2) is 4.57 Å². The summed E-state index contributed by atoms with van der Waals surface area (Å²) >= 11 is 0. The van der Waals surface area contributed by atoms with Crippen molar-refractivity contribution < 1.29 is 48.2 Å². The number of hydrogen-bond donors (Lipinski definition) is 4. The van der Waals surface area contributed by atoms with Crippen molar-refractivity contribution in [2.75, 3.05) is 13.2 Å². The Morgan fingerprint density at radius 3 is 1.91 bits per heavy atom. The SMILES string of the molecule is CC/C=C\C[C@H](O)/C=C/C=C\C/C=C\C=C\[C@H](O)/C=C\CCCC(=O)O[C@H](COC(=O)CCCCCCC/C=C\C/C=C\CCCCC)COP(=O)(O)O. The Labute approximate surface area is 325 Å². The molecule has 0 radical (unpaired) electrons. The van der Waals surface area contributed by atoms with Gasteiger partial charge in [0.05, 0.1) is 18.8 Å². The molecule has 0 aliphatic heterocycles. The van der Waals surface area contributed by atoms with Crippen LogP contribution in [0.5, 0.6) is 0 Å². The monoisotopic (exact) mass is 776 g/mol. The number of hydrogen-bond acceptors (Lipinski definition) is 8. The average Bonchev–Trinajstić information content (AvgIpc) is 3.13. The van der Waals surface area contributed by atoms with Crippen LogP contribution in [0.1, 0.15) is 129 Å². The maximum absolute atomic E-state index is 12.4. The molecule has 0 fully saturated rings. The minimum Gasteiger partial charge on any atom is -0.462 e. The number of carbonyl (C=O) groups excluding carboxylic acids is 2. The van der Waals surface area contributed by atoms with E-state index in [0.717, 1.165) is 51.4 Å². The standard InChI is InChI=1S/C43H69O10P/c1-3-5-7-8-9-10-11-12-13-14-15-16-20-23-29-35-42(46)51-37-41(38-52-54(48,49)50)53-43(47)36-30-24-28-34-40(45)33-27-22-19-17-18-21-26-32-39(44)31-25-6-4-2/h6,9-10,12-13,18-19,21-22,25-28,32-34,39-41,44-45H,3-5,7-8,11,14-17,20,23-24,29-31,35-38H2,1-2H3,(H2,48,49,50)/b10-9-,13-12-,21-18-,22-19-,25-6-,32-26+,33-27+,34-28-/t39-,40-,41+/m0/s1. The van der Waals surface area contributed by atoms with Crippen molar-refractivity contribution >= 4 is 19.8 Å². The van der Waals surface area contributed by atoms with Crippen LogP contribution in [-0.2, 0) is 28.2 Å². The first-order chi connectivity index (χ1) is 26.1. The van der Waals surface area contributed by atoms with Crippen molar-refractivity contribution in [1.29, 1.82) is 0 Å².